The first-order valence-corrected chi connectivity index (χ1v) is 11.1. The Morgan fingerprint density at radius 2 is 2.03 bits per heavy atom. The Morgan fingerprint density at radius 1 is 1.19 bits per heavy atom. The molecule has 1 aliphatic heterocycles. The first-order chi connectivity index (χ1) is 14.9. The van der Waals surface area contributed by atoms with Crippen LogP contribution >= 0.6 is 0 Å². The monoisotopic (exact) mass is 452 g/mol. The van der Waals surface area contributed by atoms with Crippen molar-refractivity contribution in [2.24, 2.45) is 0 Å². The van der Waals surface area contributed by atoms with Crippen molar-refractivity contribution in [3.63, 3.8) is 0 Å². The van der Waals surface area contributed by atoms with E-state index in [0.717, 1.165) is 11.6 Å². The molecule has 0 bridgehead atoms. The molecule has 0 spiro atoms. The van der Waals surface area contributed by atoms with Crippen LogP contribution in [0.25, 0.3) is 0 Å². The van der Waals surface area contributed by atoms with Crippen molar-refractivity contribution >= 4 is 22.7 Å². The smallest absolute Gasteiger partial charge is 0.224 e. The third-order valence-corrected chi connectivity index (χ3v) is 5.21. The summed E-state index contributed by atoms with van der Waals surface area (Å²) in [6.07, 6.45) is -0.0515. The summed E-state index contributed by atoms with van der Waals surface area (Å²) in [5.74, 6) is -2.11. The van der Waals surface area contributed by atoms with E-state index in [1.807, 2.05) is 0 Å². The van der Waals surface area contributed by atoms with Gasteiger partial charge in [0.1, 0.15) is 0 Å². The molecule has 1 aliphatic rings. The summed E-state index contributed by atoms with van der Waals surface area (Å²) >= 11 is -2.20. The minimum absolute atomic E-state index is 0.154. The molecule has 0 aliphatic carbocycles. The maximum absolute atomic E-state index is 13.4. The summed E-state index contributed by atoms with van der Waals surface area (Å²) in [5.41, 5.74) is 2.06. The highest BCUT2D eigenvalue weighted by atomic mass is 32.2. The van der Waals surface area contributed by atoms with Gasteiger partial charge in [0.05, 0.1) is 25.0 Å². The first-order valence-electron chi connectivity index (χ1n) is 9.82. The Morgan fingerprint density at radius 3 is 2.81 bits per heavy atom. The van der Waals surface area contributed by atoms with Gasteiger partial charge in [0.25, 0.3) is 0 Å². The van der Waals surface area contributed by atoms with Crippen molar-refractivity contribution in [2.45, 2.75) is 19.1 Å². The molecule has 1 saturated heterocycles. The van der Waals surface area contributed by atoms with E-state index in [2.05, 4.69) is 15.5 Å². The van der Waals surface area contributed by atoms with Crippen molar-refractivity contribution in [1.82, 2.24) is 10.2 Å². The molecule has 2 N–H and O–H groups in total. The van der Waals surface area contributed by atoms with Crippen molar-refractivity contribution in [3.05, 3.63) is 65.2 Å². The molecular formula is C21H24F2N3O4S-. The zero-order chi connectivity index (χ0) is 22.2. The van der Waals surface area contributed by atoms with Crippen molar-refractivity contribution < 1.29 is 27.1 Å². The Labute approximate surface area is 182 Å². The number of anilines is 1. The van der Waals surface area contributed by atoms with Crippen LogP contribution < -0.4 is 10.6 Å². The van der Waals surface area contributed by atoms with Crippen LogP contribution in [-0.4, -0.2) is 57.8 Å². The fourth-order valence-electron chi connectivity index (χ4n) is 3.35. The molecule has 1 amide bonds. The number of amides is 1. The van der Waals surface area contributed by atoms with E-state index in [1.165, 1.54) is 6.07 Å². The zero-order valence-corrected chi connectivity index (χ0v) is 17.6. The van der Waals surface area contributed by atoms with Gasteiger partial charge in [-0.25, -0.2) is 8.78 Å². The lowest BCUT2D eigenvalue weighted by Gasteiger charge is -2.33. The third kappa shape index (κ3) is 7.66. The van der Waals surface area contributed by atoms with Crippen LogP contribution in [0.15, 0.2) is 42.5 Å². The summed E-state index contributed by atoms with van der Waals surface area (Å²) in [6.45, 7) is 2.51. The molecule has 1 heterocycles. The van der Waals surface area contributed by atoms with E-state index in [0.29, 0.717) is 44.0 Å². The fraction of sp³-hybridized carbons (Fsp3) is 0.381. The number of carbonyl (C=O) groups excluding carboxylic acids is 1. The molecule has 0 saturated carbocycles. The number of ether oxygens (including phenoxy) is 1. The van der Waals surface area contributed by atoms with E-state index in [4.69, 9.17) is 4.74 Å². The van der Waals surface area contributed by atoms with E-state index >= 15 is 0 Å². The topological polar surface area (TPSA) is 93.7 Å². The largest absolute Gasteiger partial charge is 0.771 e. The quantitative estimate of drug-likeness (QED) is 0.564. The number of nitrogens with zero attached hydrogens (tertiary/aromatic N) is 1. The molecule has 2 atom stereocenters. The van der Waals surface area contributed by atoms with Crippen molar-refractivity contribution in [1.29, 1.82) is 0 Å². The minimum atomic E-state index is -2.20. The van der Waals surface area contributed by atoms with Crippen LogP contribution in [0.1, 0.15) is 11.1 Å². The van der Waals surface area contributed by atoms with Crippen LogP contribution in [0.5, 0.6) is 0 Å². The van der Waals surface area contributed by atoms with Gasteiger partial charge in [0.2, 0.25) is 5.91 Å². The molecule has 1 unspecified atom stereocenters. The summed E-state index contributed by atoms with van der Waals surface area (Å²) in [5, 5.41) is 5.61. The highest BCUT2D eigenvalue weighted by Crippen LogP contribution is 2.14. The van der Waals surface area contributed by atoms with Gasteiger partial charge in [-0.3, -0.25) is 13.9 Å². The van der Waals surface area contributed by atoms with E-state index in [1.54, 1.807) is 30.3 Å². The molecule has 0 radical (unpaired) electrons. The molecule has 3 rings (SSSR count). The molecule has 168 valence electrons. The van der Waals surface area contributed by atoms with Gasteiger partial charge in [-0.05, 0) is 46.5 Å². The SMILES string of the molecule is O=C(Cc1cccc(NCS(=O)[O-])c1)NC[C@H]1CN(Cc2ccc(F)c(F)c2)CCO1. The van der Waals surface area contributed by atoms with E-state index < -0.39 is 22.7 Å². The summed E-state index contributed by atoms with van der Waals surface area (Å²) < 4.78 is 53.5. The second-order valence-corrected chi connectivity index (χ2v) is 8.18. The van der Waals surface area contributed by atoms with Gasteiger partial charge in [-0.1, -0.05) is 18.2 Å². The number of benzene rings is 2. The maximum Gasteiger partial charge on any atom is 0.224 e. The van der Waals surface area contributed by atoms with Gasteiger partial charge in [-0.15, -0.1) is 0 Å². The number of nitrogens with one attached hydrogen (secondary N) is 2. The number of rotatable bonds is 9. The van der Waals surface area contributed by atoms with Crippen LogP contribution in [-0.2, 0) is 33.6 Å². The minimum Gasteiger partial charge on any atom is -0.771 e. The normalized spacial score (nSPS) is 17.8. The average molecular weight is 453 g/mol. The third-order valence-electron chi connectivity index (χ3n) is 4.83. The summed E-state index contributed by atoms with van der Waals surface area (Å²) in [7, 11) is 0. The van der Waals surface area contributed by atoms with Crippen LogP contribution in [0, 0.1) is 11.6 Å². The Hall–Kier alpha value is -2.40. The second kappa shape index (κ2) is 11.3. The number of carbonyl (C=O) groups is 1. The Bertz CT molecular complexity index is 931. The average Bonchev–Trinajstić information content (AvgIpc) is 2.74. The summed E-state index contributed by atoms with van der Waals surface area (Å²) in [6, 6.07) is 10.9. The van der Waals surface area contributed by atoms with Crippen LogP contribution in [0.2, 0.25) is 0 Å². The van der Waals surface area contributed by atoms with E-state index in [-0.39, 0.29) is 24.3 Å². The molecule has 31 heavy (non-hydrogen) atoms. The van der Waals surface area contributed by atoms with Gasteiger partial charge in [-0.2, -0.15) is 0 Å². The Balaban J connectivity index is 1.45. The first kappa shape index (κ1) is 23.3. The lowest BCUT2D eigenvalue weighted by atomic mass is 10.1. The highest BCUT2D eigenvalue weighted by Gasteiger charge is 2.21. The van der Waals surface area contributed by atoms with Crippen LogP contribution in [0.4, 0.5) is 14.5 Å². The van der Waals surface area contributed by atoms with Gasteiger partial charge < -0.3 is 19.9 Å². The predicted molar refractivity (Wildman–Crippen MR) is 112 cm³/mol. The predicted octanol–water partition coefficient (Wildman–Crippen LogP) is 1.77. The number of morpholine rings is 1. The molecule has 7 nitrogen and oxygen atoms in total. The second-order valence-electron chi connectivity index (χ2n) is 7.28. The molecule has 0 aromatic heterocycles. The molecule has 10 heteroatoms. The zero-order valence-electron chi connectivity index (χ0n) is 16.8. The molecule has 1 fully saturated rings. The standard InChI is InChI=1S/C21H25F2N3O4S/c22-19-5-4-16(9-20(19)23)12-26-6-7-30-18(13-26)11-24-21(27)10-15-2-1-3-17(8-15)25-14-31(28)29/h1-5,8-9,18,25H,6-7,10-14H2,(H,24,27)(H,28,29)/p-1/t18-/m0/s1. The van der Waals surface area contributed by atoms with Crippen molar-refractivity contribution in [2.75, 3.05) is 37.4 Å². The maximum atomic E-state index is 13.4. The number of hydrogen-bond donors (Lipinski definition) is 2. The van der Waals surface area contributed by atoms with Gasteiger partial charge in [0, 0.05) is 31.9 Å². The Kier molecular flexibility index (Phi) is 8.47. The molecule has 2 aromatic carbocycles. The molecular weight excluding hydrogens is 428 g/mol. The van der Waals surface area contributed by atoms with E-state index in [9.17, 15) is 22.3 Å². The van der Waals surface area contributed by atoms with Crippen LogP contribution in [0.3, 0.4) is 0 Å². The fourth-order valence-corrected chi connectivity index (χ4v) is 3.64. The molecule has 2 aromatic rings. The highest BCUT2D eigenvalue weighted by molar-refractivity contribution is 7.79. The van der Waals surface area contributed by atoms with Crippen molar-refractivity contribution in [3.8, 4) is 0 Å². The number of hydrogen-bond acceptors (Lipinski definition) is 6. The number of halogens is 2. The lowest BCUT2D eigenvalue weighted by Crippen LogP contribution is -2.47. The summed E-state index contributed by atoms with van der Waals surface area (Å²) in [4.78, 5) is 14.4. The lowest BCUT2D eigenvalue weighted by molar-refractivity contribution is -0.121. The van der Waals surface area contributed by atoms with Gasteiger partial charge >= 0.3 is 0 Å². The van der Waals surface area contributed by atoms with Gasteiger partial charge in [0.15, 0.2) is 11.6 Å².